The van der Waals surface area contributed by atoms with Gasteiger partial charge in [-0.3, -0.25) is 4.79 Å². The first kappa shape index (κ1) is 15.3. The quantitative estimate of drug-likeness (QED) is 0.684. The Bertz CT molecular complexity index is 853. The lowest BCUT2D eigenvalue weighted by atomic mass is 9.97. The van der Waals surface area contributed by atoms with Crippen LogP contribution in [0.15, 0.2) is 48.5 Å². The summed E-state index contributed by atoms with van der Waals surface area (Å²) in [7, 11) is 0. The van der Waals surface area contributed by atoms with Crippen LogP contribution in [-0.4, -0.2) is 28.9 Å². The zero-order valence-corrected chi connectivity index (χ0v) is 14.6. The summed E-state index contributed by atoms with van der Waals surface area (Å²) in [5.74, 6) is 0.503. The van der Waals surface area contributed by atoms with Gasteiger partial charge in [-0.05, 0) is 43.5 Å². The van der Waals surface area contributed by atoms with Crippen LogP contribution in [-0.2, 0) is 0 Å². The number of aryl methyl sites for hydroxylation is 1. The van der Waals surface area contributed by atoms with Crippen molar-refractivity contribution >= 4 is 27.5 Å². The Morgan fingerprint density at radius 3 is 2.79 bits per heavy atom. The smallest absolute Gasteiger partial charge is 0.254 e. The highest BCUT2D eigenvalue weighted by atomic mass is 32.1. The fraction of sp³-hybridized carbons (Fsp3) is 0.300. The second-order valence-corrected chi connectivity index (χ2v) is 7.49. The summed E-state index contributed by atoms with van der Waals surface area (Å²) < 4.78 is 1.23. The highest BCUT2D eigenvalue weighted by molar-refractivity contribution is 7.18. The van der Waals surface area contributed by atoms with E-state index in [0.717, 1.165) is 42.6 Å². The molecule has 4 rings (SSSR count). The van der Waals surface area contributed by atoms with Crippen LogP contribution in [0.5, 0.6) is 0 Å². The van der Waals surface area contributed by atoms with Crippen molar-refractivity contribution in [2.24, 2.45) is 0 Å². The molecule has 3 nitrogen and oxygen atoms in total. The number of piperidine rings is 1. The Morgan fingerprint density at radius 1 is 1.17 bits per heavy atom. The van der Waals surface area contributed by atoms with Crippen molar-refractivity contribution in [3.05, 3.63) is 64.7 Å². The highest BCUT2D eigenvalue weighted by Crippen LogP contribution is 2.33. The van der Waals surface area contributed by atoms with E-state index in [1.807, 2.05) is 42.2 Å². The molecule has 4 heteroatoms. The van der Waals surface area contributed by atoms with Gasteiger partial charge in [0.2, 0.25) is 0 Å². The van der Waals surface area contributed by atoms with E-state index >= 15 is 0 Å². The van der Waals surface area contributed by atoms with E-state index in [-0.39, 0.29) is 5.91 Å². The van der Waals surface area contributed by atoms with Crippen LogP contribution in [0.3, 0.4) is 0 Å². The lowest BCUT2D eigenvalue weighted by molar-refractivity contribution is 0.0706. The fourth-order valence-corrected chi connectivity index (χ4v) is 4.50. The van der Waals surface area contributed by atoms with Gasteiger partial charge < -0.3 is 4.90 Å². The number of nitrogens with zero attached hydrogens (tertiary/aromatic N) is 2. The van der Waals surface area contributed by atoms with E-state index in [0.29, 0.717) is 5.92 Å². The lowest BCUT2D eigenvalue weighted by Gasteiger charge is -2.32. The van der Waals surface area contributed by atoms with Crippen LogP contribution in [0.1, 0.15) is 39.7 Å². The number of aromatic nitrogens is 1. The van der Waals surface area contributed by atoms with Crippen LogP contribution in [0, 0.1) is 6.92 Å². The van der Waals surface area contributed by atoms with Crippen molar-refractivity contribution in [3.63, 3.8) is 0 Å². The van der Waals surface area contributed by atoms with Crippen LogP contribution in [0.25, 0.3) is 10.2 Å². The van der Waals surface area contributed by atoms with Crippen molar-refractivity contribution in [3.8, 4) is 0 Å². The maximum atomic E-state index is 12.9. The largest absolute Gasteiger partial charge is 0.338 e. The van der Waals surface area contributed by atoms with Crippen molar-refractivity contribution in [2.45, 2.75) is 25.7 Å². The van der Waals surface area contributed by atoms with Crippen LogP contribution in [0.4, 0.5) is 0 Å². The molecule has 0 bridgehead atoms. The third-order valence-corrected chi connectivity index (χ3v) is 5.94. The van der Waals surface area contributed by atoms with Gasteiger partial charge in [0.05, 0.1) is 15.2 Å². The molecular formula is C20H20N2OS. The van der Waals surface area contributed by atoms with Gasteiger partial charge in [0, 0.05) is 24.6 Å². The predicted octanol–water partition coefficient (Wildman–Crippen LogP) is 4.62. The van der Waals surface area contributed by atoms with E-state index in [2.05, 4.69) is 18.2 Å². The Hall–Kier alpha value is -2.20. The third-order valence-electron chi connectivity index (χ3n) is 4.74. The summed E-state index contributed by atoms with van der Waals surface area (Å²) in [6.45, 7) is 3.61. The molecule has 1 aromatic heterocycles. The maximum Gasteiger partial charge on any atom is 0.254 e. The third kappa shape index (κ3) is 2.82. The minimum Gasteiger partial charge on any atom is -0.338 e. The number of hydrogen-bond donors (Lipinski definition) is 0. The number of carbonyl (C=O) groups is 1. The van der Waals surface area contributed by atoms with Gasteiger partial charge in [0.15, 0.2) is 0 Å². The Balaban J connectivity index is 1.57. The minimum absolute atomic E-state index is 0.152. The van der Waals surface area contributed by atoms with Crippen molar-refractivity contribution in [1.29, 1.82) is 0 Å². The number of para-hydroxylation sites is 1. The molecule has 0 spiro atoms. The molecule has 1 saturated heterocycles. The molecule has 0 saturated carbocycles. The van der Waals surface area contributed by atoms with Gasteiger partial charge in [-0.15, -0.1) is 11.3 Å². The predicted molar refractivity (Wildman–Crippen MR) is 98.7 cm³/mol. The van der Waals surface area contributed by atoms with Gasteiger partial charge in [0.1, 0.15) is 0 Å². The van der Waals surface area contributed by atoms with Gasteiger partial charge in [-0.25, -0.2) is 4.98 Å². The van der Waals surface area contributed by atoms with Gasteiger partial charge in [-0.2, -0.15) is 0 Å². The number of fused-ring (bicyclic) bond motifs is 1. The zero-order valence-electron chi connectivity index (χ0n) is 13.7. The molecule has 2 aromatic carbocycles. The molecule has 0 N–H and O–H groups in total. The van der Waals surface area contributed by atoms with Gasteiger partial charge in [0.25, 0.3) is 5.91 Å². The van der Waals surface area contributed by atoms with E-state index in [4.69, 9.17) is 4.98 Å². The summed E-state index contributed by atoms with van der Waals surface area (Å²) in [4.78, 5) is 19.7. The minimum atomic E-state index is 0.152. The molecule has 24 heavy (non-hydrogen) atoms. The molecule has 2 heterocycles. The normalized spacial score (nSPS) is 18.0. The molecule has 0 radical (unpaired) electrons. The number of carbonyl (C=O) groups excluding carboxylic acids is 1. The average molecular weight is 336 g/mol. The van der Waals surface area contributed by atoms with E-state index < -0.39 is 0 Å². The van der Waals surface area contributed by atoms with Crippen LogP contribution in [0.2, 0.25) is 0 Å². The lowest BCUT2D eigenvalue weighted by Crippen LogP contribution is -2.39. The zero-order chi connectivity index (χ0) is 16.5. The Morgan fingerprint density at radius 2 is 1.96 bits per heavy atom. The number of amides is 1. The summed E-state index contributed by atoms with van der Waals surface area (Å²) in [5.41, 5.74) is 2.94. The average Bonchev–Trinajstić information content (AvgIpc) is 3.06. The second kappa shape index (κ2) is 6.36. The number of rotatable bonds is 2. The number of thiazole rings is 1. The fourth-order valence-electron chi connectivity index (χ4n) is 3.41. The SMILES string of the molecule is Cc1ccccc1C(=O)N1CCCC(c2nc3ccccc3s2)C1. The summed E-state index contributed by atoms with van der Waals surface area (Å²) >= 11 is 1.77. The summed E-state index contributed by atoms with van der Waals surface area (Å²) in [6.07, 6.45) is 2.15. The van der Waals surface area contributed by atoms with Gasteiger partial charge in [-0.1, -0.05) is 30.3 Å². The van der Waals surface area contributed by atoms with Crippen molar-refractivity contribution in [2.75, 3.05) is 13.1 Å². The molecule has 1 aliphatic heterocycles. The first-order valence-corrected chi connectivity index (χ1v) is 9.24. The Kier molecular flexibility index (Phi) is 4.07. The highest BCUT2D eigenvalue weighted by Gasteiger charge is 2.27. The van der Waals surface area contributed by atoms with E-state index in [9.17, 15) is 4.79 Å². The Labute approximate surface area is 146 Å². The molecule has 1 aliphatic rings. The first-order chi connectivity index (χ1) is 11.7. The molecule has 1 fully saturated rings. The number of hydrogen-bond acceptors (Lipinski definition) is 3. The first-order valence-electron chi connectivity index (χ1n) is 8.43. The van der Waals surface area contributed by atoms with Gasteiger partial charge >= 0.3 is 0 Å². The van der Waals surface area contributed by atoms with E-state index in [1.54, 1.807) is 11.3 Å². The number of likely N-dealkylation sites (tertiary alicyclic amines) is 1. The molecule has 1 atom stereocenters. The standard InChI is InChI=1S/C20H20N2OS/c1-14-7-2-3-9-16(14)20(23)22-12-6-8-15(13-22)19-21-17-10-4-5-11-18(17)24-19/h2-5,7,9-11,15H,6,8,12-13H2,1H3. The molecule has 0 aliphatic carbocycles. The molecule has 3 aromatic rings. The molecule has 1 unspecified atom stereocenters. The molecule has 122 valence electrons. The monoisotopic (exact) mass is 336 g/mol. The molecular weight excluding hydrogens is 316 g/mol. The molecule has 1 amide bonds. The van der Waals surface area contributed by atoms with E-state index in [1.165, 1.54) is 9.71 Å². The van der Waals surface area contributed by atoms with Crippen LogP contribution >= 0.6 is 11.3 Å². The van der Waals surface area contributed by atoms with Crippen molar-refractivity contribution < 1.29 is 4.79 Å². The second-order valence-electron chi connectivity index (χ2n) is 6.43. The topological polar surface area (TPSA) is 33.2 Å². The maximum absolute atomic E-state index is 12.9. The van der Waals surface area contributed by atoms with Crippen LogP contribution < -0.4 is 0 Å². The number of benzene rings is 2. The summed E-state index contributed by atoms with van der Waals surface area (Å²) in [6, 6.07) is 16.1. The van der Waals surface area contributed by atoms with Crippen molar-refractivity contribution in [1.82, 2.24) is 9.88 Å². The summed E-state index contributed by atoms with van der Waals surface area (Å²) in [5, 5.41) is 1.17.